The Balaban J connectivity index is 4.26. The van der Waals surface area contributed by atoms with E-state index in [1.165, 1.54) is 6.92 Å². The van der Waals surface area contributed by atoms with Gasteiger partial charge < -0.3 is 4.90 Å². The van der Waals surface area contributed by atoms with Crippen molar-refractivity contribution in [2.45, 2.75) is 45.6 Å². The van der Waals surface area contributed by atoms with Crippen LogP contribution < -0.4 is 0 Å². The van der Waals surface area contributed by atoms with Crippen molar-refractivity contribution in [3.63, 3.8) is 0 Å². The Hall–Kier alpha value is -0.180. The molecule has 0 aliphatic rings. The molecule has 0 amide bonds. The Morgan fingerprint density at radius 1 is 1.23 bits per heavy atom. The molecule has 0 unspecified atom stereocenters. The summed E-state index contributed by atoms with van der Waals surface area (Å²) in [4.78, 5) is 1.88. The predicted octanol–water partition coefficient (Wildman–Crippen LogP) is 3.01. The van der Waals surface area contributed by atoms with E-state index in [9.17, 15) is 8.78 Å². The van der Waals surface area contributed by atoms with E-state index in [0.29, 0.717) is 0 Å². The van der Waals surface area contributed by atoms with Gasteiger partial charge in [0.25, 0.3) is 0 Å². The SMILES string of the molecule is CCC(F)(F)C[C@@H](C(C)C)N(C)C. The Bertz CT molecular complexity index is 136. The van der Waals surface area contributed by atoms with E-state index in [-0.39, 0.29) is 24.8 Å². The second-order valence-corrected chi connectivity index (χ2v) is 4.19. The first-order valence-electron chi connectivity index (χ1n) is 4.84. The van der Waals surface area contributed by atoms with E-state index in [2.05, 4.69) is 0 Å². The molecule has 1 nitrogen and oxygen atoms in total. The molecule has 0 aliphatic carbocycles. The lowest BCUT2D eigenvalue weighted by Gasteiger charge is -2.31. The topological polar surface area (TPSA) is 3.24 Å². The van der Waals surface area contributed by atoms with Crippen LogP contribution in [-0.2, 0) is 0 Å². The molecule has 0 radical (unpaired) electrons. The minimum atomic E-state index is -2.51. The molecule has 13 heavy (non-hydrogen) atoms. The summed E-state index contributed by atoms with van der Waals surface area (Å²) in [5, 5.41) is 0. The largest absolute Gasteiger partial charge is 0.306 e. The van der Waals surface area contributed by atoms with Crippen LogP contribution in [0.25, 0.3) is 0 Å². The van der Waals surface area contributed by atoms with Crippen molar-refractivity contribution in [3.8, 4) is 0 Å². The summed E-state index contributed by atoms with van der Waals surface area (Å²) in [5.74, 6) is -2.24. The van der Waals surface area contributed by atoms with Crippen molar-refractivity contribution in [1.82, 2.24) is 4.90 Å². The Morgan fingerprint density at radius 2 is 1.69 bits per heavy atom. The zero-order valence-corrected chi connectivity index (χ0v) is 9.27. The van der Waals surface area contributed by atoms with Crippen molar-refractivity contribution in [3.05, 3.63) is 0 Å². The van der Waals surface area contributed by atoms with Crippen molar-refractivity contribution in [1.29, 1.82) is 0 Å². The fourth-order valence-corrected chi connectivity index (χ4v) is 1.46. The van der Waals surface area contributed by atoms with Gasteiger partial charge in [0.2, 0.25) is 5.92 Å². The summed E-state index contributed by atoms with van der Waals surface area (Å²) in [6.45, 7) is 5.50. The minimum absolute atomic E-state index is 0.0325. The molecular formula is C10H21F2N. The maximum atomic E-state index is 13.1. The van der Waals surface area contributed by atoms with Crippen LogP contribution in [0.4, 0.5) is 8.78 Å². The van der Waals surface area contributed by atoms with E-state index < -0.39 is 5.92 Å². The molecule has 0 rings (SSSR count). The maximum Gasteiger partial charge on any atom is 0.249 e. The molecule has 0 saturated carbocycles. The highest BCUT2D eigenvalue weighted by atomic mass is 19.3. The highest BCUT2D eigenvalue weighted by Crippen LogP contribution is 2.28. The van der Waals surface area contributed by atoms with Crippen LogP contribution in [0, 0.1) is 5.92 Å². The molecule has 0 aromatic carbocycles. The van der Waals surface area contributed by atoms with Gasteiger partial charge in [0, 0.05) is 18.9 Å². The van der Waals surface area contributed by atoms with Crippen LogP contribution in [0.2, 0.25) is 0 Å². The van der Waals surface area contributed by atoms with Crippen molar-refractivity contribution >= 4 is 0 Å². The quantitative estimate of drug-likeness (QED) is 0.648. The van der Waals surface area contributed by atoms with E-state index in [0.717, 1.165) is 0 Å². The van der Waals surface area contributed by atoms with Gasteiger partial charge in [-0.05, 0) is 20.0 Å². The summed E-state index contributed by atoms with van der Waals surface area (Å²) in [5.41, 5.74) is 0. The summed E-state index contributed by atoms with van der Waals surface area (Å²) in [6.07, 6.45) is -0.0990. The van der Waals surface area contributed by atoms with Gasteiger partial charge in [-0.15, -0.1) is 0 Å². The molecular weight excluding hydrogens is 172 g/mol. The van der Waals surface area contributed by atoms with Gasteiger partial charge in [-0.25, -0.2) is 8.78 Å². The van der Waals surface area contributed by atoms with Gasteiger partial charge in [0.05, 0.1) is 0 Å². The van der Waals surface area contributed by atoms with Crippen LogP contribution in [0.1, 0.15) is 33.6 Å². The van der Waals surface area contributed by atoms with Crippen molar-refractivity contribution in [2.24, 2.45) is 5.92 Å². The van der Waals surface area contributed by atoms with Crippen LogP contribution in [0.3, 0.4) is 0 Å². The molecule has 0 aliphatic heterocycles. The summed E-state index contributed by atoms with van der Waals surface area (Å²) in [7, 11) is 3.72. The Kier molecular flexibility index (Phi) is 4.82. The number of halogens is 2. The standard InChI is InChI=1S/C10H21F2N/c1-6-10(11,12)7-9(8(2)3)13(4)5/h8-9H,6-7H2,1-5H3/t9-/m0/s1. The third-order valence-corrected chi connectivity index (χ3v) is 2.46. The number of hydrogen-bond donors (Lipinski definition) is 0. The van der Waals surface area contributed by atoms with Gasteiger partial charge in [-0.1, -0.05) is 20.8 Å². The lowest BCUT2D eigenvalue weighted by atomic mass is 9.95. The van der Waals surface area contributed by atoms with E-state index >= 15 is 0 Å². The lowest BCUT2D eigenvalue weighted by Crippen LogP contribution is -2.38. The average Bonchev–Trinajstić information content (AvgIpc) is 1.99. The minimum Gasteiger partial charge on any atom is -0.306 e. The zero-order chi connectivity index (χ0) is 10.6. The molecule has 0 heterocycles. The van der Waals surface area contributed by atoms with Gasteiger partial charge in [-0.3, -0.25) is 0 Å². The summed E-state index contributed by atoms with van der Waals surface area (Å²) >= 11 is 0. The second kappa shape index (κ2) is 4.89. The first-order valence-corrected chi connectivity index (χ1v) is 4.84. The average molecular weight is 193 g/mol. The summed E-state index contributed by atoms with van der Waals surface area (Å²) in [6, 6.07) is -0.0325. The van der Waals surface area contributed by atoms with Gasteiger partial charge in [0.1, 0.15) is 0 Å². The molecule has 0 bridgehead atoms. The van der Waals surface area contributed by atoms with Gasteiger partial charge in [0.15, 0.2) is 0 Å². The molecule has 0 fully saturated rings. The number of alkyl halides is 2. The van der Waals surface area contributed by atoms with Crippen LogP contribution >= 0.6 is 0 Å². The summed E-state index contributed by atoms with van der Waals surface area (Å²) < 4.78 is 26.2. The Morgan fingerprint density at radius 3 is 1.92 bits per heavy atom. The highest BCUT2D eigenvalue weighted by molar-refractivity contribution is 4.77. The third-order valence-electron chi connectivity index (χ3n) is 2.46. The second-order valence-electron chi connectivity index (χ2n) is 4.19. The molecule has 0 aromatic heterocycles. The normalized spacial score (nSPS) is 15.5. The molecule has 1 atom stereocenters. The molecule has 80 valence electrons. The number of nitrogens with zero attached hydrogens (tertiary/aromatic N) is 1. The van der Waals surface area contributed by atoms with E-state index in [4.69, 9.17) is 0 Å². The van der Waals surface area contributed by atoms with Gasteiger partial charge >= 0.3 is 0 Å². The maximum absolute atomic E-state index is 13.1. The fraction of sp³-hybridized carbons (Fsp3) is 1.00. The number of hydrogen-bond acceptors (Lipinski definition) is 1. The molecule has 0 aromatic rings. The van der Waals surface area contributed by atoms with E-state index in [1.54, 1.807) is 0 Å². The predicted molar refractivity (Wildman–Crippen MR) is 52.2 cm³/mol. The first-order chi connectivity index (χ1) is 5.80. The molecule has 0 saturated heterocycles. The molecule has 3 heteroatoms. The van der Waals surface area contributed by atoms with Crippen molar-refractivity contribution in [2.75, 3.05) is 14.1 Å². The molecule has 0 spiro atoms. The van der Waals surface area contributed by atoms with Crippen LogP contribution in [0.5, 0.6) is 0 Å². The van der Waals surface area contributed by atoms with Crippen LogP contribution in [-0.4, -0.2) is 31.0 Å². The monoisotopic (exact) mass is 193 g/mol. The first kappa shape index (κ1) is 12.8. The van der Waals surface area contributed by atoms with Crippen molar-refractivity contribution < 1.29 is 8.78 Å². The Labute approximate surface area is 80.1 Å². The highest BCUT2D eigenvalue weighted by Gasteiger charge is 2.32. The van der Waals surface area contributed by atoms with Crippen LogP contribution in [0.15, 0.2) is 0 Å². The lowest BCUT2D eigenvalue weighted by molar-refractivity contribution is -0.0376. The number of rotatable bonds is 5. The zero-order valence-electron chi connectivity index (χ0n) is 9.27. The molecule has 0 N–H and O–H groups in total. The van der Waals surface area contributed by atoms with E-state index in [1.807, 2.05) is 32.8 Å². The fourth-order valence-electron chi connectivity index (χ4n) is 1.46. The smallest absolute Gasteiger partial charge is 0.249 e. The van der Waals surface area contributed by atoms with Gasteiger partial charge in [-0.2, -0.15) is 0 Å². The third kappa shape index (κ3) is 4.55.